The van der Waals surface area contributed by atoms with E-state index in [-0.39, 0.29) is 56.6 Å². The van der Waals surface area contributed by atoms with E-state index in [9.17, 15) is 19.2 Å². The van der Waals surface area contributed by atoms with Crippen molar-refractivity contribution in [2.24, 2.45) is 0 Å². The van der Waals surface area contributed by atoms with Crippen molar-refractivity contribution in [3.8, 4) is 34.5 Å². The molecule has 13 nitrogen and oxygen atoms in total. The molecule has 0 heterocycles. The maximum absolute atomic E-state index is 12.1. The maximum atomic E-state index is 12.1. The lowest BCUT2D eigenvalue weighted by Crippen LogP contribution is -2.10. The average Bonchev–Trinajstić information content (AvgIpc) is 3.13. The molecule has 270 valence electrons. The van der Waals surface area contributed by atoms with Gasteiger partial charge in [0.2, 0.25) is 0 Å². The molecule has 50 heavy (non-hydrogen) atoms. The van der Waals surface area contributed by atoms with Crippen LogP contribution in [0.5, 0.6) is 34.5 Å². The molecule has 0 atom stereocenters. The van der Waals surface area contributed by atoms with Crippen LogP contribution in [0.2, 0.25) is 0 Å². The fourth-order valence-corrected chi connectivity index (χ4v) is 5.02. The molecule has 0 fully saturated rings. The van der Waals surface area contributed by atoms with Gasteiger partial charge in [-0.1, -0.05) is 6.07 Å². The third-order valence-corrected chi connectivity index (χ3v) is 7.72. The van der Waals surface area contributed by atoms with Crippen molar-refractivity contribution >= 4 is 23.9 Å². The molecule has 0 amide bonds. The van der Waals surface area contributed by atoms with E-state index in [0.717, 1.165) is 16.7 Å². The Labute approximate surface area is 291 Å². The summed E-state index contributed by atoms with van der Waals surface area (Å²) in [6, 6.07) is 12.3. The number of carbonyl (C=O) groups excluding carboxylic acids is 4. The Hall–Kier alpha value is -5.46. The topological polar surface area (TPSA) is 151 Å². The van der Waals surface area contributed by atoms with E-state index in [2.05, 4.69) is 0 Å². The largest absolute Gasteiger partial charge is 0.493 e. The van der Waals surface area contributed by atoms with Crippen LogP contribution in [0.25, 0.3) is 0 Å². The second-order valence-electron chi connectivity index (χ2n) is 10.9. The first-order valence-electron chi connectivity index (χ1n) is 15.8. The zero-order chi connectivity index (χ0) is 36.6. The summed E-state index contributed by atoms with van der Waals surface area (Å²) >= 11 is 0. The number of ether oxygens (including phenoxy) is 9. The summed E-state index contributed by atoms with van der Waals surface area (Å²) in [5.74, 6) is 0.668. The molecule has 0 saturated heterocycles. The Morgan fingerprint density at radius 3 is 1.36 bits per heavy atom. The van der Waals surface area contributed by atoms with E-state index in [0.29, 0.717) is 52.7 Å². The van der Waals surface area contributed by atoms with E-state index in [1.807, 2.05) is 12.1 Å². The summed E-state index contributed by atoms with van der Waals surface area (Å²) < 4.78 is 49.0. The predicted octanol–water partition coefficient (Wildman–Crippen LogP) is 5.11. The molecule has 0 aliphatic heterocycles. The van der Waals surface area contributed by atoms with Crippen LogP contribution in [0.3, 0.4) is 0 Å². The van der Waals surface area contributed by atoms with Crippen molar-refractivity contribution in [1.82, 2.24) is 0 Å². The van der Waals surface area contributed by atoms with Crippen LogP contribution in [0.15, 0.2) is 42.5 Å². The Kier molecular flexibility index (Phi) is 15.2. The Bertz CT molecular complexity index is 1650. The molecule has 3 rings (SSSR count). The van der Waals surface area contributed by atoms with Crippen LogP contribution in [-0.2, 0) is 65.9 Å². The molecule has 3 aromatic carbocycles. The second-order valence-corrected chi connectivity index (χ2v) is 10.9. The minimum atomic E-state index is -0.524. The lowest BCUT2D eigenvalue weighted by Gasteiger charge is -2.19. The smallest absolute Gasteiger partial charge is 0.308 e. The summed E-state index contributed by atoms with van der Waals surface area (Å²) in [6.45, 7) is 1.41. The van der Waals surface area contributed by atoms with Gasteiger partial charge in [0.05, 0.1) is 42.7 Å². The SMILES string of the molecule is COC(=O)CCc1ccc(OC)c(OCc2cc(OC)c(OCc3cc(OC)c(OC(C)=O)cc3CCC(=O)OC)cc2CCC(=O)OC)c1. The van der Waals surface area contributed by atoms with E-state index in [1.165, 1.54) is 49.6 Å². The standard InChI is InChI=1S/C37H44O13/c1-23(38)50-34-18-26(11-15-37(41)47-7)28(20-31(34)44-4)22-49-33-17-25(10-14-36(40)46-6)27(19-30(33)43-3)21-48-32-16-24(8-12-29(32)42-2)9-13-35(39)45-5/h8,12,16-20H,9-11,13-15,21-22H2,1-7H3. The van der Waals surface area contributed by atoms with Gasteiger partial charge in [0.15, 0.2) is 34.5 Å². The second kappa shape index (κ2) is 19.5. The predicted molar refractivity (Wildman–Crippen MR) is 180 cm³/mol. The van der Waals surface area contributed by atoms with Gasteiger partial charge in [0.25, 0.3) is 0 Å². The molecule has 0 unspecified atom stereocenters. The van der Waals surface area contributed by atoms with E-state index in [1.54, 1.807) is 30.3 Å². The third-order valence-electron chi connectivity index (χ3n) is 7.72. The van der Waals surface area contributed by atoms with E-state index >= 15 is 0 Å². The van der Waals surface area contributed by atoms with E-state index in [4.69, 9.17) is 42.6 Å². The molecular formula is C37H44O13. The number of methoxy groups -OCH3 is 6. The van der Waals surface area contributed by atoms with Gasteiger partial charge in [0, 0.05) is 26.2 Å². The Balaban J connectivity index is 1.95. The van der Waals surface area contributed by atoms with Gasteiger partial charge in [-0.2, -0.15) is 0 Å². The highest BCUT2D eigenvalue weighted by Gasteiger charge is 2.19. The number of benzene rings is 3. The molecule has 3 aromatic rings. The van der Waals surface area contributed by atoms with Crippen LogP contribution in [-0.4, -0.2) is 66.5 Å². The van der Waals surface area contributed by atoms with Gasteiger partial charge < -0.3 is 42.6 Å². The Morgan fingerprint density at radius 1 is 0.480 bits per heavy atom. The summed E-state index contributed by atoms with van der Waals surface area (Å²) in [5.41, 5.74) is 3.70. The number of rotatable bonds is 19. The van der Waals surface area contributed by atoms with Crippen molar-refractivity contribution in [1.29, 1.82) is 0 Å². The number of carbonyl (C=O) groups is 4. The lowest BCUT2D eigenvalue weighted by molar-refractivity contribution is -0.141. The van der Waals surface area contributed by atoms with Gasteiger partial charge in [-0.05, 0) is 83.5 Å². The molecule has 0 bridgehead atoms. The summed E-state index contributed by atoms with van der Waals surface area (Å²) in [7, 11) is 8.48. The molecule has 0 saturated carbocycles. The molecule has 0 N–H and O–H groups in total. The fraction of sp³-hybridized carbons (Fsp3) is 0.405. The summed E-state index contributed by atoms with van der Waals surface area (Å²) in [6.07, 6.45) is 1.47. The lowest BCUT2D eigenvalue weighted by atomic mass is 10.0. The van der Waals surface area contributed by atoms with Crippen molar-refractivity contribution < 1.29 is 61.8 Å². The molecule has 0 aromatic heterocycles. The van der Waals surface area contributed by atoms with Gasteiger partial charge in [-0.3, -0.25) is 19.2 Å². The zero-order valence-corrected chi connectivity index (χ0v) is 29.5. The molecule has 0 aliphatic carbocycles. The number of esters is 4. The van der Waals surface area contributed by atoms with Crippen molar-refractivity contribution in [3.63, 3.8) is 0 Å². The van der Waals surface area contributed by atoms with Gasteiger partial charge >= 0.3 is 23.9 Å². The quantitative estimate of drug-likeness (QED) is 0.0928. The molecule has 0 aliphatic rings. The van der Waals surface area contributed by atoms with Gasteiger partial charge in [0.1, 0.15) is 13.2 Å². The van der Waals surface area contributed by atoms with Crippen LogP contribution in [0.1, 0.15) is 54.0 Å². The minimum absolute atomic E-state index is 0.0332. The zero-order valence-electron chi connectivity index (χ0n) is 29.5. The highest BCUT2D eigenvalue weighted by atomic mass is 16.6. The van der Waals surface area contributed by atoms with Crippen LogP contribution >= 0.6 is 0 Å². The summed E-state index contributed by atoms with van der Waals surface area (Å²) in [5, 5.41) is 0. The van der Waals surface area contributed by atoms with Gasteiger partial charge in [-0.15, -0.1) is 0 Å². The van der Waals surface area contributed by atoms with Crippen molar-refractivity contribution in [3.05, 3.63) is 70.3 Å². The highest BCUT2D eigenvalue weighted by Crippen LogP contribution is 2.37. The number of hydrogen-bond acceptors (Lipinski definition) is 13. The third kappa shape index (κ3) is 11.3. The number of hydrogen-bond donors (Lipinski definition) is 0. The minimum Gasteiger partial charge on any atom is -0.493 e. The summed E-state index contributed by atoms with van der Waals surface area (Å²) in [4.78, 5) is 47.5. The number of aryl methyl sites for hydroxylation is 3. The van der Waals surface area contributed by atoms with Crippen molar-refractivity contribution in [2.45, 2.75) is 58.7 Å². The van der Waals surface area contributed by atoms with E-state index < -0.39 is 11.9 Å². The fourth-order valence-electron chi connectivity index (χ4n) is 5.02. The molecule has 0 spiro atoms. The van der Waals surface area contributed by atoms with Gasteiger partial charge in [-0.25, -0.2) is 0 Å². The monoisotopic (exact) mass is 696 g/mol. The van der Waals surface area contributed by atoms with Crippen LogP contribution in [0.4, 0.5) is 0 Å². The first kappa shape index (κ1) is 39.0. The first-order chi connectivity index (χ1) is 24.0. The Morgan fingerprint density at radius 2 is 0.900 bits per heavy atom. The first-order valence-corrected chi connectivity index (χ1v) is 15.8. The highest BCUT2D eigenvalue weighted by molar-refractivity contribution is 5.72. The average molecular weight is 697 g/mol. The molecule has 13 heteroatoms. The molecular weight excluding hydrogens is 652 g/mol. The normalized spacial score (nSPS) is 10.5. The maximum Gasteiger partial charge on any atom is 0.308 e. The van der Waals surface area contributed by atoms with Crippen LogP contribution in [0, 0.1) is 0 Å². The molecule has 0 radical (unpaired) electrons. The van der Waals surface area contributed by atoms with Crippen LogP contribution < -0.4 is 28.4 Å². The van der Waals surface area contributed by atoms with Crippen molar-refractivity contribution in [2.75, 3.05) is 42.7 Å².